The Kier molecular flexibility index (Phi) is 31.6. The lowest BCUT2D eigenvalue weighted by molar-refractivity contribution is -0.619. The summed E-state index contributed by atoms with van der Waals surface area (Å²) in [6, 6.07) is 1.89. The number of esters is 1. The van der Waals surface area contributed by atoms with Crippen molar-refractivity contribution < 1.29 is 94.3 Å². The Balaban J connectivity index is 0.853. The van der Waals surface area contributed by atoms with E-state index in [1.807, 2.05) is 37.5 Å². The summed E-state index contributed by atoms with van der Waals surface area (Å²) >= 11 is 0. The van der Waals surface area contributed by atoms with E-state index >= 15 is 0 Å². The molecule has 76 heavy (non-hydrogen) atoms. The Morgan fingerprint density at radius 2 is 1.17 bits per heavy atom. The first-order valence-electron chi connectivity index (χ1n) is 25.1. The molecule has 0 atom stereocenters. The maximum Gasteiger partial charge on any atom is 0.313 e. The van der Waals surface area contributed by atoms with Crippen LogP contribution in [0.2, 0.25) is 0 Å². The Hall–Kier alpha value is -5.49. The van der Waals surface area contributed by atoms with Crippen molar-refractivity contribution in [1.29, 1.82) is 0 Å². The second-order valence-corrected chi connectivity index (χ2v) is 16.2. The SMILES string of the molecule is CCCN(OCC)C(=O)C1=Cc2ncc(C3=CC=C(CNC(=O)CCOCCOCCOCCOCCOCCOCCOCCOCCOCCOCCC(=O)Oc4c(F)c(F)cc(F)c4F)N[NH2+]3)cc2N=C(N)C1. The van der Waals surface area contributed by atoms with E-state index in [4.69, 9.17) is 57.9 Å². The first-order valence-corrected chi connectivity index (χ1v) is 25.1. The number of hydrogen-bond acceptors (Lipinski definition) is 19. The fourth-order valence-electron chi connectivity index (χ4n) is 6.55. The van der Waals surface area contributed by atoms with Gasteiger partial charge in [0.05, 0.1) is 174 Å². The summed E-state index contributed by atoms with van der Waals surface area (Å²) in [6.45, 7) is 11.5. The standard InChI is InChI=1S/C50H71F4N7O15/c1-3-9-61(75-4-2)50(64)36-30-42-43(58-44(55)32-36)31-37(34-56-42)41-6-5-38(59-60-41)35-57-45(62)7-10-65-12-14-67-16-18-69-20-22-71-24-26-73-28-29-74-27-25-72-23-21-70-19-17-68-15-13-66-11-8-46(63)76-49-47(53)39(51)33-40(52)48(49)54/h5-6,30-31,33-34,59-60H,3-4,7-29,32,35H2,1-2H3,(H2,55,58)(H,57,62)/p+1. The largest absolute Gasteiger partial charge is 0.420 e. The van der Waals surface area contributed by atoms with Gasteiger partial charge in [0.1, 0.15) is 5.84 Å². The van der Waals surface area contributed by atoms with Gasteiger partial charge in [-0.3, -0.25) is 24.2 Å². The van der Waals surface area contributed by atoms with E-state index in [1.54, 1.807) is 12.3 Å². The van der Waals surface area contributed by atoms with Crippen LogP contribution in [0.5, 0.6) is 5.75 Å². The lowest BCUT2D eigenvalue weighted by Gasteiger charge is -2.21. The molecular weight excluding hydrogens is 1010 g/mol. The summed E-state index contributed by atoms with van der Waals surface area (Å²) in [4.78, 5) is 51.9. The molecule has 2 aliphatic heterocycles. The fraction of sp³-hybridized carbons (Fsp3) is 0.580. The van der Waals surface area contributed by atoms with Crippen molar-refractivity contribution in [1.82, 2.24) is 20.8 Å². The number of aromatic nitrogens is 1. The van der Waals surface area contributed by atoms with Crippen LogP contribution in [0.25, 0.3) is 11.8 Å². The predicted octanol–water partition coefficient (Wildman–Crippen LogP) is 2.58. The molecule has 1 aromatic carbocycles. The monoisotopic (exact) mass is 1090 g/mol. The number of pyridine rings is 1. The van der Waals surface area contributed by atoms with Crippen molar-refractivity contribution in [2.24, 2.45) is 10.7 Å². The summed E-state index contributed by atoms with van der Waals surface area (Å²) < 4.78 is 112. The first-order chi connectivity index (χ1) is 37.0. The number of benzene rings is 1. The second-order valence-electron chi connectivity index (χ2n) is 16.2. The maximum absolute atomic E-state index is 13.6. The van der Waals surface area contributed by atoms with Gasteiger partial charge in [-0.05, 0) is 31.6 Å². The molecule has 0 spiro atoms. The first kappa shape index (κ1) is 63.0. The van der Waals surface area contributed by atoms with Crippen molar-refractivity contribution in [3.8, 4) is 5.75 Å². The van der Waals surface area contributed by atoms with Crippen LogP contribution < -0.4 is 26.6 Å². The van der Waals surface area contributed by atoms with E-state index in [9.17, 15) is 31.9 Å². The van der Waals surface area contributed by atoms with Crippen LogP contribution in [-0.2, 0) is 66.6 Å². The van der Waals surface area contributed by atoms with Crippen LogP contribution in [0.1, 0.15) is 50.8 Å². The number of nitrogens with one attached hydrogen (secondary N) is 2. The number of carbonyl (C=O) groups is 3. The number of halogens is 4. The Morgan fingerprint density at radius 3 is 1.63 bits per heavy atom. The number of hydroxylamine groups is 2. The summed E-state index contributed by atoms with van der Waals surface area (Å²) in [7, 11) is 0. The lowest BCUT2D eigenvalue weighted by Crippen LogP contribution is -2.91. The molecule has 0 radical (unpaired) electrons. The topological polar surface area (TPSA) is 257 Å². The van der Waals surface area contributed by atoms with Crippen LogP contribution in [0.4, 0.5) is 23.2 Å². The molecule has 2 amide bonds. The van der Waals surface area contributed by atoms with Gasteiger partial charge in [0.2, 0.25) is 23.3 Å². The number of nitrogens with zero attached hydrogens (tertiary/aromatic N) is 3. The van der Waals surface area contributed by atoms with Crippen molar-refractivity contribution >= 4 is 41.1 Å². The molecule has 2 aromatic rings. The third kappa shape index (κ3) is 25.1. The number of nitrogens with two attached hydrogens (primary N) is 2. The zero-order valence-corrected chi connectivity index (χ0v) is 43.2. The van der Waals surface area contributed by atoms with Gasteiger partial charge in [0.15, 0.2) is 17.3 Å². The Morgan fingerprint density at radius 1 is 0.684 bits per heavy atom. The van der Waals surface area contributed by atoms with Gasteiger partial charge in [-0.1, -0.05) is 6.92 Å². The molecular formula is C50H72F4N7O15+. The number of allylic oxidation sites excluding steroid dienone is 2. The number of ether oxygens (including phenoxy) is 11. The van der Waals surface area contributed by atoms with Crippen molar-refractivity contribution in [2.45, 2.75) is 39.5 Å². The molecule has 0 fully saturated rings. The normalized spacial score (nSPS) is 13.2. The van der Waals surface area contributed by atoms with Gasteiger partial charge in [-0.15, -0.1) is 0 Å². The quantitative estimate of drug-likeness (QED) is 0.0142. The van der Waals surface area contributed by atoms with Crippen LogP contribution in [0.15, 0.2) is 46.7 Å². The molecule has 2 aliphatic rings. The predicted molar refractivity (Wildman–Crippen MR) is 265 cm³/mol. The fourth-order valence-corrected chi connectivity index (χ4v) is 6.55. The minimum absolute atomic E-state index is 0.0140. The smallest absolute Gasteiger partial charge is 0.313 e. The number of fused-ring (bicyclic) bond motifs is 1. The lowest BCUT2D eigenvalue weighted by atomic mass is 10.1. The molecule has 6 N–H and O–H groups in total. The number of aliphatic imine (C=N–C) groups is 1. The van der Waals surface area contributed by atoms with Crippen LogP contribution >= 0.6 is 0 Å². The van der Waals surface area contributed by atoms with Crippen LogP contribution in [-0.4, -0.2) is 186 Å². The van der Waals surface area contributed by atoms with E-state index in [2.05, 4.69) is 25.5 Å². The van der Waals surface area contributed by atoms with Crippen molar-refractivity contribution in [3.05, 3.63) is 76.3 Å². The number of amides is 2. The molecule has 0 unspecified atom stereocenters. The molecule has 0 saturated carbocycles. The molecule has 0 aliphatic carbocycles. The third-order valence-corrected chi connectivity index (χ3v) is 10.3. The number of rotatable bonds is 42. The molecule has 0 saturated heterocycles. The summed E-state index contributed by atoms with van der Waals surface area (Å²) in [5, 5.41) is 4.24. The minimum Gasteiger partial charge on any atom is -0.420 e. The second kappa shape index (κ2) is 38.1. The molecule has 3 heterocycles. The minimum atomic E-state index is -1.80. The van der Waals surface area contributed by atoms with E-state index < -0.39 is 41.4 Å². The van der Waals surface area contributed by atoms with Gasteiger partial charge in [0, 0.05) is 43.3 Å². The van der Waals surface area contributed by atoms with E-state index in [1.165, 1.54) is 5.06 Å². The van der Waals surface area contributed by atoms with Crippen LogP contribution in [0, 0.1) is 23.3 Å². The highest BCUT2D eigenvalue weighted by atomic mass is 19.2. The summed E-state index contributed by atoms with van der Waals surface area (Å²) in [6.07, 6.45) is 7.96. The van der Waals surface area contributed by atoms with Gasteiger partial charge in [0.25, 0.3) is 5.91 Å². The molecule has 4 rings (SSSR count). The maximum atomic E-state index is 13.6. The zero-order valence-electron chi connectivity index (χ0n) is 43.2. The van der Waals surface area contributed by atoms with Gasteiger partial charge >= 0.3 is 5.97 Å². The van der Waals surface area contributed by atoms with Crippen molar-refractivity contribution in [3.63, 3.8) is 0 Å². The Bertz CT molecular complexity index is 2180. The highest BCUT2D eigenvalue weighted by Crippen LogP contribution is 2.29. The number of amidine groups is 1. The van der Waals surface area contributed by atoms with Gasteiger partial charge in [-0.2, -0.15) is 8.78 Å². The number of hydrogen-bond donors (Lipinski definition) is 4. The molecule has 22 nitrogen and oxygen atoms in total. The molecule has 26 heteroatoms. The molecule has 0 bridgehead atoms. The molecule has 424 valence electrons. The summed E-state index contributed by atoms with van der Waals surface area (Å²) in [5.41, 5.74) is 15.3. The number of carbonyl (C=O) groups excluding carboxylic acids is 3. The van der Waals surface area contributed by atoms with E-state index in [0.29, 0.717) is 142 Å². The third-order valence-electron chi connectivity index (χ3n) is 10.3. The average molecular weight is 1090 g/mol. The summed E-state index contributed by atoms with van der Waals surface area (Å²) in [5.74, 6) is -9.63. The Labute approximate surface area is 439 Å². The molecule has 1 aromatic heterocycles. The zero-order chi connectivity index (χ0) is 54.6. The van der Waals surface area contributed by atoms with Gasteiger partial charge in [-0.25, -0.2) is 29.7 Å². The van der Waals surface area contributed by atoms with Gasteiger partial charge < -0.3 is 63.2 Å². The highest BCUT2D eigenvalue weighted by Gasteiger charge is 2.25. The van der Waals surface area contributed by atoms with Crippen molar-refractivity contribution in [2.75, 3.05) is 152 Å². The number of quaternary nitrogens is 1. The van der Waals surface area contributed by atoms with Crippen LogP contribution in [0.3, 0.4) is 0 Å². The van der Waals surface area contributed by atoms with E-state index in [0.717, 1.165) is 23.4 Å². The van der Waals surface area contributed by atoms with E-state index in [-0.39, 0.29) is 63.8 Å². The highest BCUT2D eigenvalue weighted by molar-refractivity contribution is 6.04. The average Bonchev–Trinajstić information content (AvgIpc) is 3.59.